The highest BCUT2D eigenvalue weighted by molar-refractivity contribution is 5.91. The van der Waals surface area contributed by atoms with Crippen LogP contribution in [0.4, 0.5) is 0 Å². The minimum absolute atomic E-state index is 0.0427. The summed E-state index contributed by atoms with van der Waals surface area (Å²) in [6.07, 6.45) is 5.61. The van der Waals surface area contributed by atoms with Gasteiger partial charge in [-0.25, -0.2) is 4.79 Å². The Kier molecular flexibility index (Phi) is 3.71. The predicted octanol–water partition coefficient (Wildman–Crippen LogP) is 2.52. The van der Waals surface area contributed by atoms with Gasteiger partial charge in [0.2, 0.25) is 0 Å². The van der Waals surface area contributed by atoms with Crippen LogP contribution in [0.1, 0.15) is 33.1 Å². The quantitative estimate of drug-likeness (QED) is 0.407. The van der Waals surface area contributed by atoms with E-state index in [0.29, 0.717) is 12.0 Å². The van der Waals surface area contributed by atoms with Gasteiger partial charge < -0.3 is 9.84 Å². The van der Waals surface area contributed by atoms with E-state index in [1.54, 1.807) is 0 Å². The zero-order chi connectivity index (χ0) is 13.3. The summed E-state index contributed by atoms with van der Waals surface area (Å²) in [6, 6.07) is 0. The zero-order valence-electron chi connectivity index (χ0n) is 11.0. The van der Waals surface area contributed by atoms with Crippen LogP contribution in [0.15, 0.2) is 35.5 Å². The fraction of sp³-hybridized carbons (Fsp3) is 0.533. The van der Waals surface area contributed by atoms with Crippen LogP contribution in [-0.4, -0.2) is 23.3 Å². The molecule has 1 aliphatic heterocycles. The molecular formula is C15H20O3. The summed E-state index contributed by atoms with van der Waals surface area (Å²) in [6.45, 7) is 7.76. The SMILES string of the molecule is C=C1C(=O)O[C@@H]2/C=C(/C)[C@@H](O)C/C=C(/C)CC[C@@H]12. The molecule has 0 spiro atoms. The third-order valence-corrected chi connectivity index (χ3v) is 3.84. The monoisotopic (exact) mass is 248 g/mol. The van der Waals surface area contributed by atoms with Crippen molar-refractivity contribution in [2.24, 2.45) is 5.92 Å². The van der Waals surface area contributed by atoms with Crippen LogP contribution in [0.5, 0.6) is 0 Å². The molecular weight excluding hydrogens is 228 g/mol. The Hall–Kier alpha value is -1.35. The second kappa shape index (κ2) is 5.11. The van der Waals surface area contributed by atoms with E-state index in [0.717, 1.165) is 18.4 Å². The van der Waals surface area contributed by atoms with Crippen molar-refractivity contribution in [3.63, 3.8) is 0 Å². The highest BCUT2D eigenvalue weighted by Crippen LogP contribution is 2.34. The van der Waals surface area contributed by atoms with Crippen LogP contribution in [0.2, 0.25) is 0 Å². The molecule has 3 atom stereocenters. The molecule has 18 heavy (non-hydrogen) atoms. The molecule has 0 amide bonds. The number of carbonyl (C=O) groups excluding carboxylic acids is 1. The van der Waals surface area contributed by atoms with Crippen molar-refractivity contribution in [2.75, 3.05) is 0 Å². The molecule has 0 saturated carbocycles. The van der Waals surface area contributed by atoms with Crippen molar-refractivity contribution in [3.8, 4) is 0 Å². The van der Waals surface area contributed by atoms with Gasteiger partial charge in [0.25, 0.3) is 0 Å². The maximum absolute atomic E-state index is 11.6. The topological polar surface area (TPSA) is 46.5 Å². The fourth-order valence-corrected chi connectivity index (χ4v) is 2.47. The molecule has 1 heterocycles. The first kappa shape index (κ1) is 13.1. The van der Waals surface area contributed by atoms with Gasteiger partial charge in [-0.2, -0.15) is 0 Å². The first-order chi connectivity index (χ1) is 8.49. The van der Waals surface area contributed by atoms with E-state index in [4.69, 9.17) is 4.74 Å². The molecule has 0 aromatic rings. The smallest absolute Gasteiger partial charge is 0.334 e. The molecule has 2 rings (SSSR count). The van der Waals surface area contributed by atoms with E-state index >= 15 is 0 Å². The number of rotatable bonds is 0. The van der Waals surface area contributed by atoms with E-state index in [-0.39, 0.29) is 18.0 Å². The lowest BCUT2D eigenvalue weighted by molar-refractivity contribution is -0.137. The lowest BCUT2D eigenvalue weighted by Gasteiger charge is -2.19. The number of allylic oxidation sites excluding steroid dienone is 1. The third kappa shape index (κ3) is 2.56. The normalized spacial score (nSPS) is 39.2. The third-order valence-electron chi connectivity index (χ3n) is 3.84. The number of ether oxygens (including phenoxy) is 1. The molecule has 0 unspecified atom stereocenters. The first-order valence-corrected chi connectivity index (χ1v) is 6.41. The Morgan fingerprint density at radius 3 is 2.89 bits per heavy atom. The van der Waals surface area contributed by atoms with Crippen LogP contribution in [-0.2, 0) is 9.53 Å². The summed E-state index contributed by atoms with van der Waals surface area (Å²) >= 11 is 0. The van der Waals surface area contributed by atoms with E-state index in [9.17, 15) is 9.90 Å². The standard InChI is InChI=1S/C15H20O3/c1-9-4-6-12-11(3)15(17)18-14(12)8-10(2)13(16)7-5-9/h5,8,12-14,16H,3-4,6-7H2,1-2H3/b9-5-,10-8-/t12-,13-,14+/m0/s1. The second-order valence-electron chi connectivity index (χ2n) is 5.25. The van der Waals surface area contributed by atoms with E-state index in [2.05, 4.69) is 19.6 Å². The largest absolute Gasteiger partial charge is 0.454 e. The van der Waals surface area contributed by atoms with Gasteiger partial charge in [-0.1, -0.05) is 18.2 Å². The molecule has 1 fully saturated rings. The van der Waals surface area contributed by atoms with Crippen LogP contribution < -0.4 is 0 Å². The molecule has 3 heteroatoms. The number of esters is 1. The van der Waals surface area contributed by atoms with Crippen LogP contribution in [0.25, 0.3) is 0 Å². The van der Waals surface area contributed by atoms with Gasteiger partial charge in [-0.05, 0) is 44.8 Å². The number of aliphatic hydroxyl groups is 1. The van der Waals surface area contributed by atoms with Crippen LogP contribution in [0, 0.1) is 5.92 Å². The van der Waals surface area contributed by atoms with Gasteiger partial charge in [-0.3, -0.25) is 0 Å². The maximum atomic E-state index is 11.6. The van der Waals surface area contributed by atoms with E-state index in [1.807, 2.05) is 13.0 Å². The minimum Gasteiger partial charge on any atom is -0.454 e. The molecule has 98 valence electrons. The molecule has 1 N–H and O–H groups in total. The first-order valence-electron chi connectivity index (χ1n) is 6.41. The van der Waals surface area contributed by atoms with E-state index < -0.39 is 6.10 Å². The molecule has 0 aromatic carbocycles. The summed E-state index contributed by atoms with van der Waals surface area (Å²) in [5, 5.41) is 9.99. The molecule has 1 aliphatic carbocycles. The molecule has 0 aromatic heterocycles. The van der Waals surface area contributed by atoms with Crippen molar-refractivity contribution >= 4 is 5.97 Å². The fourth-order valence-electron chi connectivity index (χ4n) is 2.47. The summed E-state index contributed by atoms with van der Waals surface area (Å²) in [5.41, 5.74) is 2.67. The summed E-state index contributed by atoms with van der Waals surface area (Å²) in [7, 11) is 0. The summed E-state index contributed by atoms with van der Waals surface area (Å²) in [4.78, 5) is 11.6. The summed E-state index contributed by atoms with van der Waals surface area (Å²) in [5.74, 6) is -0.259. The van der Waals surface area contributed by atoms with Crippen LogP contribution in [0.3, 0.4) is 0 Å². The molecule has 3 nitrogen and oxygen atoms in total. The number of carbonyl (C=O) groups is 1. The van der Waals surface area contributed by atoms with Gasteiger partial charge in [0.1, 0.15) is 6.10 Å². The van der Waals surface area contributed by atoms with Crippen molar-refractivity contribution in [1.82, 2.24) is 0 Å². The highest BCUT2D eigenvalue weighted by atomic mass is 16.5. The minimum atomic E-state index is -0.494. The maximum Gasteiger partial charge on any atom is 0.334 e. The average molecular weight is 248 g/mol. The Balaban J connectivity index is 2.29. The van der Waals surface area contributed by atoms with Gasteiger partial charge in [0.05, 0.1) is 6.10 Å². The molecule has 1 saturated heterocycles. The Labute approximate surface area is 108 Å². The molecule has 2 aliphatic rings. The Morgan fingerprint density at radius 1 is 1.44 bits per heavy atom. The number of hydrogen-bond donors (Lipinski definition) is 1. The van der Waals surface area contributed by atoms with Gasteiger partial charge >= 0.3 is 5.97 Å². The lowest BCUT2D eigenvalue weighted by Crippen LogP contribution is -2.18. The van der Waals surface area contributed by atoms with Crippen molar-refractivity contribution in [3.05, 3.63) is 35.5 Å². The molecule has 0 bridgehead atoms. The van der Waals surface area contributed by atoms with Gasteiger partial charge in [0.15, 0.2) is 0 Å². The van der Waals surface area contributed by atoms with Crippen molar-refractivity contribution < 1.29 is 14.6 Å². The van der Waals surface area contributed by atoms with Crippen molar-refractivity contribution in [1.29, 1.82) is 0 Å². The Morgan fingerprint density at radius 2 is 2.17 bits per heavy atom. The molecule has 0 radical (unpaired) electrons. The number of hydrogen-bond acceptors (Lipinski definition) is 3. The Bertz CT molecular complexity index is 431. The summed E-state index contributed by atoms with van der Waals surface area (Å²) < 4.78 is 5.32. The lowest BCUT2D eigenvalue weighted by atomic mass is 9.88. The highest BCUT2D eigenvalue weighted by Gasteiger charge is 2.37. The van der Waals surface area contributed by atoms with Gasteiger partial charge in [-0.15, -0.1) is 0 Å². The van der Waals surface area contributed by atoms with E-state index in [1.165, 1.54) is 5.57 Å². The van der Waals surface area contributed by atoms with Crippen LogP contribution >= 0.6 is 0 Å². The van der Waals surface area contributed by atoms with Crippen molar-refractivity contribution in [2.45, 2.75) is 45.3 Å². The number of fused-ring (bicyclic) bond motifs is 1. The number of aliphatic hydroxyl groups excluding tert-OH is 1. The van der Waals surface area contributed by atoms with Gasteiger partial charge in [0, 0.05) is 11.5 Å². The predicted molar refractivity (Wildman–Crippen MR) is 69.9 cm³/mol. The average Bonchev–Trinajstić information content (AvgIpc) is 2.59. The second-order valence-corrected chi connectivity index (χ2v) is 5.25. The zero-order valence-corrected chi connectivity index (χ0v) is 11.0.